The van der Waals surface area contributed by atoms with Crippen LogP contribution >= 0.6 is 0 Å². The van der Waals surface area contributed by atoms with E-state index in [0.717, 1.165) is 32.4 Å². The van der Waals surface area contributed by atoms with Crippen molar-refractivity contribution in [1.29, 1.82) is 0 Å². The molecule has 19 heavy (non-hydrogen) atoms. The van der Waals surface area contributed by atoms with Gasteiger partial charge < -0.3 is 14.9 Å². The quantitative estimate of drug-likeness (QED) is 0.827. The molecule has 1 heterocycles. The largest absolute Gasteiger partial charge is 0.481 e. The van der Waals surface area contributed by atoms with Crippen LogP contribution in [0, 0.1) is 11.8 Å². The van der Waals surface area contributed by atoms with Gasteiger partial charge in [0.15, 0.2) is 0 Å². The minimum Gasteiger partial charge on any atom is -0.481 e. The second-order valence-electron chi connectivity index (χ2n) is 5.98. The Hall–Kier alpha value is -1.10. The number of hydrogen-bond donors (Lipinski definition) is 1. The fourth-order valence-corrected chi connectivity index (χ4v) is 3.45. The first-order valence-corrected chi connectivity index (χ1v) is 7.18. The van der Waals surface area contributed by atoms with Crippen molar-refractivity contribution in [2.75, 3.05) is 27.2 Å². The number of carbonyl (C=O) groups is 2. The first-order chi connectivity index (χ1) is 9.00. The molecule has 0 aromatic heterocycles. The molecule has 5 heteroatoms. The molecule has 1 unspecified atom stereocenters. The van der Waals surface area contributed by atoms with E-state index in [1.807, 2.05) is 7.05 Å². The van der Waals surface area contributed by atoms with E-state index in [4.69, 9.17) is 5.11 Å². The average Bonchev–Trinajstić information content (AvgIpc) is 2.98. The first-order valence-electron chi connectivity index (χ1n) is 7.18. The molecule has 1 N–H and O–H groups in total. The molecule has 1 amide bonds. The summed E-state index contributed by atoms with van der Waals surface area (Å²) in [5.41, 5.74) is 0. The van der Waals surface area contributed by atoms with E-state index in [9.17, 15) is 9.59 Å². The molecule has 1 saturated heterocycles. The minimum absolute atomic E-state index is 0.0187. The van der Waals surface area contributed by atoms with Crippen LogP contribution in [0.4, 0.5) is 0 Å². The third-order valence-corrected chi connectivity index (χ3v) is 4.68. The Balaban J connectivity index is 1.93. The maximum absolute atomic E-state index is 12.4. The van der Waals surface area contributed by atoms with Gasteiger partial charge in [-0.05, 0) is 39.3 Å². The molecule has 2 rings (SSSR count). The van der Waals surface area contributed by atoms with Crippen LogP contribution in [0.1, 0.15) is 32.1 Å². The molecule has 0 radical (unpaired) electrons. The lowest BCUT2D eigenvalue weighted by Crippen LogP contribution is -2.43. The van der Waals surface area contributed by atoms with Crippen LogP contribution in [0.15, 0.2) is 0 Å². The lowest BCUT2D eigenvalue weighted by Gasteiger charge is -2.28. The predicted molar refractivity (Wildman–Crippen MR) is 71.8 cm³/mol. The zero-order valence-electron chi connectivity index (χ0n) is 11.8. The minimum atomic E-state index is -0.817. The summed E-state index contributed by atoms with van der Waals surface area (Å²) < 4.78 is 0. The molecule has 2 fully saturated rings. The molecule has 3 atom stereocenters. The lowest BCUT2D eigenvalue weighted by atomic mass is 9.94. The molecular formula is C14H24N2O3. The van der Waals surface area contributed by atoms with Crippen LogP contribution in [-0.2, 0) is 9.59 Å². The highest BCUT2D eigenvalue weighted by molar-refractivity contribution is 5.85. The van der Waals surface area contributed by atoms with Gasteiger partial charge in [0.2, 0.25) is 5.91 Å². The van der Waals surface area contributed by atoms with Gasteiger partial charge in [0, 0.05) is 19.6 Å². The Morgan fingerprint density at radius 2 is 1.89 bits per heavy atom. The monoisotopic (exact) mass is 268 g/mol. The highest BCUT2D eigenvalue weighted by Crippen LogP contribution is 2.33. The van der Waals surface area contributed by atoms with Gasteiger partial charge >= 0.3 is 5.97 Å². The van der Waals surface area contributed by atoms with Crippen molar-refractivity contribution >= 4 is 11.9 Å². The fraction of sp³-hybridized carbons (Fsp3) is 0.857. The van der Waals surface area contributed by atoms with Crippen LogP contribution in [0.2, 0.25) is 0 Å². The summed E-state index contributed by atoms with van der Waals surface area (Å²) in [4.78, 5) is 27.6. The molecule has 108 valence electrons. The van der Waals surface area contributed by atoms with Gasteiger partial charge in [-0.15, -0.1) is 0 Å². The second-order valence-corrected chi connectivity index (χ2v) is 5.98. The SMILES string of the molecule is CN(CC1CCCN1C)C(=O)[C@@H]1CCC[C@@H]1C(=O)O. The summed E-state index contributed by atoms with van der Waals surface area (Å²) in [6, 6.07) is 0.429. The van der Waals surface area contributed by atoms with E-state index in [-0.39, 0.29) is 11.8 Å². The van der Waals surface area contributed by atoms with E-state index < -0.39 is 11.9 Å². The van der Waals surface area contributed by atoms with Gasteiger partial charge in [-0.3, -0.25) is 9.59 Å². The maximum Gasteiger partial charge on any atom is 0.307 e. The van der Waals surface area contributed by atoms with Gasteiger partial charge in [0.1, 0.15) is 0 Å². The standard InChI is InChI=1S/C14H24N2O3/c1-15-8-4-5-10(15)9-16(2)13(17)11-6-3-7-12(11)14(18)19/h10-12H,3-9H2,1-2H3,(H,18,19)/t10?,11-,12+/m1/s1. The van der Waals surface area contributed by atoms with Crippen molar-refractivity contribution in [3.05, 3.63) is 0 Å². The lowest BCUT2D eigenvalue weighted by molar-refractivity contribution is -0.148. The first kappa shape index (κ1) is 14.3. The van der Waals surface area contributed by atoms with Crippen molar-refractivity contribution in [2.45, 2.75) is 38.1 Å². The fourth-order valence-electron chi connectivity index (χ4n) is 3.45. The molecule has 0 spiro atoms. The normalized spacial score (nSPS) is 31.6. The Morgan fingerprint density at radius 3 is 2.47 bits per heavy atom. The van der Waals surface area contributed by atoms with Gasteiger partial charge in [-0.25, -0.2) is 0 Å². The van der Waals surface area contributed by atoms with Crippen molar-refractivity contribution in [1.82, 2.24) is 9.80 Å². The number of hydrogen-bond acceptors (Lipinski definition) is 3. The molecule has 1 saturated carbocycles. The number of rotatable bonds is 4. The highest BCUT2D eigenvalue weighted by atomic mass is 16.4. The number of aliphatic carboxylic acids is 1. The number of likely N-dealkylation sites (tertiary alicyclic amines) is 1. The highest BCUT2D eigenvalue weighted by Gasteiger charge is 2.39. The molecule has 1 aliphatic carbocycles. The Kier molecular flexibility index (Phi) is 4.45. The van der Waals surface area contributed by atoms with Crippen molar-refractivity contribution < 1.29 is 14.7 Å². The smallest absolute Gasteiger partial charge is 0.307 e. The Labute approximate surface area is 114 Å². The Morgan fingerprint density at radius 1 is 1.21 bits per heavy atom. The van der Waals surface area contributed by atoms with Crippen molar-refractivity contribution in [3.8, 4) is 0 Å². The van der Waals surface area contributed by atoms with Gasteiger partial charge in [0.05, 0.1) is 11.8 Å². The summed E-state index contributed by atoms with van der Waals surface area (Å²) in [5, 5.41) is 9.16. The topological polar surface area (TPSA) is 60.9 Å². The van der Waals surface area contributed by atoms with Crippen LogP contribution in [-0.4, -0.2) is 60.0 Å². The number of amides is 1. The van der Waals surface area contributed by atoms with E-state index in [1.54, 1.807) is 4.90 Å². The van der Waals surface area contributed by atoms with Crippen molar-refractivity contribution in [3.63, 3.8) is 0 Å². The van der Waals surface area contributed by atoms with E-state index in [1.165, 1.54) is 6.42 Å². The summed E-state index contributed by atoms with van der Waals surface area (Å²) in [6.07, 6.45) is 4.53. The van der Waals surface area contributed by atoms with Crippen molar-refractivity contribution in [2.24, 2.45) is 11.8 Å². The molecule has 1 aliphatic heterocycles. The third kappa shape index (κ3) is 3.08. The second kappa shape index (κ2) is 5.90. The Bertz CT molecular complexity index is 359. The maximum atomic E-state index is 12.4. The number of carboxylic acid groups (broad SMARTS) is 1. The summed E-state index contributed by atoms with van der Waals surface area (Å²) in [7, 11) is 3.90. The summed E-state index contributed by atoms with van der Waals surface area (Å²) >= 11 is 0. The number of likely N-dealkylation sites (N-methyl/N-ethyl adjacent to an activating group) is 2. The number of carbonyl (C=O) groups excluding carboxylic acids is 1. The van der Waals surface area contributed by atoms with E-state index in [0.29, 0.717) is 12.5 Å². The molecule has 5 nitrogen and oxygen atoms in total. The average molecular weight is 268 g/mol. The van der Waals surface area contributed by atoms with Crippen LogP contribution in [0.3, 0.4) is 0 Å². The molecular weight excluding hydrogens is 244 g/mol. The molecule has 0 aromatic rings. The zero-order valence-corrected chi connectivity index (χ0v) is 11.8. The zero-order chi connectivity index (χ0) is 14.0. The molecule has 0 aromatic carbocycles. The summed E-state index contributed by atoms with van der Waals surface area (Å²) in [6.45, 7) is 1.81. The predicted octanol–water partition coefficient (Wildman–Crippen LogP) is 1.04. The van der Waals surface area contributed by atoms with Gasteiger partial charge in [-0.2, -0.15) is 0 Å². The summed E-state index contributed by atoms with van der Waals surface area (Å²) in [5.74, 6) is -1.59. The molecule has 0 bridgehead atoms. The van der Waals surface area contributed by atoms with E-state index in [2.05, 4.69) is 11.9 Å². The number of nitrogens with zero attached hydrogens (tertiary/aromatic N) is 2. The third-order valence-electron chi connectivity index (χ3n) is 4.68. The van der Waals surface area contributed by atoms with E-state index >= 15 is 0 Å². The number of carboxylic acids is 1. The van der Waals surface area contributed by atoms with Gasteiger partial charge in [-0.1, -0.05) is 6.42 Å². The van der Waals surface area contributed by atoms with Crippen LogP contribution < -0.4 is 0 Å². The van der Waals surface area contributed by atoms with Gasteiger partial charge in [0.25, 0.3) is 0 Å². The van der Waals surface area contributed by atoms with Crippen LogP contribution in [0.5, 0.6) is 0 Å². The molecule has 2 aliphatic rings. The van der Waals surface area contributed by atoms with Crippen LogP contribution in [0.25, 0.3) is 0 Å².